The van der Waals surface area contributed by atoms with Gasteiger partial charge in [-0.05, 0) is 45.0 Å². The number of hydrogen-bond acceptors (Lipinski definition) is 2. The molecule has 1 atom stereocenters. The lowest BCUT2D eigenvalue weighted by Gasteiger charge is -2.33. The summed E-state index contributed by atoms with van der Waals surface area (Å²) in [5.74, 6) is -0.273. The van der Waals surface area contributed by atoms with Gasteiger partial charge in [0.25, 0.3) is 0 Å². The lowest BCUT2D eigenvalue weighted by molar-refractivity contribution is -0.00815. The molecule has 1 N–H and O–H groups in total. The molecule has 1 unspecified atom stereocenters. The molecule has 1 rings (SSSR count). The van der Waals surface area contributed by atoms with Crippen LogP contribution in [0, 0.1) is 5.82 Å². The van der Waals surface area contributed by atoms with Gasteiger partial charge in [-0.2, -0.15) is 0 Å². The van der Waals surface area contributed by atoms with E-state index in [4.69, 9.17) is 16.3 Å². The second-order valence-corrected chi connectivity index (χ2v) is 5.03. The van der Waals surface area contributed by atoms with Crippen molar-refractivity contribution in [2.45, 2.75) is 31.9 Å². The van der Waals surface area contributed by atoms with Gasteiger partial charge >= 0.3 is 0 Å². The minimum Gasteiger partial charge on any atom is -0.377 e. The van der Waals surface area contributed by atoms with Crippen molar-refractivity contribution in [2.24, 2.45) is 0 Å². The van der Waals surface area contributed by atoms with Crippen molar-refractivity contribution in [1.29, 1.82) is 0 Å². The molecule has 0 radical (unpaired) electrons. The van der Waals surface area contributed by atoms with Gasteiger partial charge in [-0.25, -0.2) is 4.39 Å². The Bertz CT molecular complexity index is 382. The topological polar surface area (TPSA) is 21.3 Å². The third-order valence-electron chi connectivity index (χ3n) is 3.15. The Morgan fingerprint density at radius 2 is 2.12 bits per heavy atom. The SMILES string of the molecule is CNC(Cc1ccc(Cl)cc1F)C(C)(C)OC. The summed E-state index contributed by atoms with van der Waals surface area (Å²) in [7, 11) is 3.50. The van der Waals surface area contributed by atoms with Crippen molar-refractivity contribution >= 4 is 11.6 Å². The van der Waals surface area contributed by atoms with Crippen LogP contribution in [-0.2, 0) is 11.2 Å². The third kappa shape index (κ3) is 3.66. The molecule has 0 aliphatic heterocycles. The summed E-state index contributed by atoms with van der Waals surface area (Å²) in [5, 5.41) is 3.57. The molecule has 0 saturated carbocycles. The fourth-order valence-corrected chi connectivity index (χ4v) is 1.90. The van der Waals surface area contributed by atoms with Crippen LogP contribution in [0.1, 0.15) is 19.4 Å². The Labute approximate surface area is 107 Å². The Kier molecular flexibility index (Phi) is 4.92. The maximum absolute atomic E-state index is 13.7. The first-order valence-corrected chi connectivity index (χ1v) is 5.95. The molecule has 2 nitrogen and oxygen atoms in total. The number of hydrogen-bond donors (Lipinski definition) is 1. The summed E-state index contributed by atoms with van der Waals surface area (Å²) in [4.78, 5) is 0. The van der Waals surface area contributed by atoms with Crippen LogP contribution in [-0.4, -0.2) is 25.8 Å². The van der Waals surface area contributed by atoms with Crippen molar-refractivity contribution in [1.82, 2.24) is 5.32 Å². The zero-order chi connectivity index (χ0) is 13.1. The molecule has 96 valence electrons. The highest BCUT2D eigenvalue weighted by Crippen LogP contribution is 2.21. The van der Waals surface area contributed by atoms with E-state index in [9.17, 15) is 4.39 Å². The molecule has 0 aliphatic carbocycles. The van der Waals surface area contributed by atoms with E-state index in [1.165, 1.54) is 6.07 Å². The lowest BCUT2D eigenvalue weighted by atomic mass is 9.92. The van der Waals surface area contributed by atoms with E-state index in [0.717, 1.165) is 0 Å². The molecule has 0 aromatic heterocycles. The highest BCUT2D eigenvalue weighted by molar-refractivity contribution is 6.30. The van der Waals surface area contributed by atoms with Gasteiger partial charge in [-0.1, -0.05) is 17.7 Å². The Morgan fingerprint density at radius 3 is 2.59 bits per heavy atom. The van der Waals surface area contributed by atoms with Crippen LogP contribution < -0.4 is 5.32 Å². The van der Waals surface area contributed by atoms with Crippen LogP contribution in [0.25, 0.3) is 0 Å². The molecule has 0 saturated heterocycles. The Morgan fingerprint density at radius 1 is 1.47 bits per heavy atom. The van der Waals surface area contributed by atoms with E-state index in [0.29, 0.717) is 17.0 Å². The van der Waals surface area contributed by atoms with Crippen LogP contribution in [0.5, 0.6) is 0 Å². The van der Waals surface area contributed by atoms with Gasteiger partial charge in [-0.15, -0.1) is 0 Å². The number of ether oxygens (including phenoxy) is 1. The number of halogens is 2. The van der Waals surface area contributed by atoms with E-state index in [-0.39, 0.29) is 17.5 Å². The van der Waals surface area contributed by atoms with Gasteiger partial charge in [0.1, 0.15) is 5.82 Å². The third-order valence-corrected chi connectivity index (χ3v) is 3.39. The quantitative estimate of drug-likeness (QED) is 0.878. The number of likely N-dealkylation sites (N-methyl/N-ethyl adjacent to an activating group) is 1. The maximum Gasteiger partial charge on any atom is 0.127 e. The fourth-order valence-electron chi connectivity index (χ4n) is 1.74. The van der Waals surface area contributed by atoms with E-state index >= 15 is 0 Å². The summed E-state index contributed by atoms with van der Waals surface area (Å²) in [6.07, 6.45) is 0.556. The monoisotopic (exact) mass is 259 g/mol. The second kappa shape index (κ2) is 5.80. The normalized spacial score (nSPS) is 13.8. The van der Waals surface area contributed by atoms with Crippen molar-refractivity contribution in [3.8, 4) is 0 Å². The van der Waals surface area contributed by atoms with E-state index in [1.54, 1.807) is 19.2 Å². The van der Waals surface area contributed by atoms with Gasteiger partial charge in [0.15, 0.2) is 0 Å². The van der Waals surface area contributed by atoms with Crippen LogP contribution in [0.4, 0.5) is 4.39 Å². The fraction of sp³-hybridized carbons (Fsp3) is 0.538. The van der Waals surface area contributed by atoms with E-state index < -0.39 is 0 Å². The summed E-state index contributed by atoms with van der Waals surface area (Å²) in [6, 6.07) is 4.78. The molecule has 0 fully saturated rings. The minimum absolute atomic E-state index is 0.0307. The molecule has 1 aromatic rings. The van der Waals surface area contributed by atoms with Crippen molar-refractivity contribution in [3.63, 3.8) is 0 Å². The summed E-state index contributed by atoms with van der Waals surface area (Å²) in [5.41, 5.74) is 0.278. The number of benzene rings is 1. The average molecular weight is 260 g/mol. The second-order valence-electron chi connectivity index (χ2n) is 4.59. The molecule has 4 heteroatoms. The van der Waals surface area contributed by atoms with Gasteiger partial charge < -0.3 is 10.1 Å². The zero-order valence-electron chi connectivity index (χ0n) is 10.7. The molecule has 17 heavy (non-hydrogen) atoms. The zero-order valence-corrected chi connectivity index (χ0v) is 11.4. The first-order chi connectivity index (χ1) is 7.90. The highest BCUT2D eigenvalue weighted by Gasteiger charge is 2.28. The number of rotatable bonds is 5. The van der Waals surface area contributed by atoms with Crippen LogP contribution in [0.3, 0.4) is 0 Å². The number of methoxy groups -OCH3 is 1. The summed E-state index contributed by atoms with van der Waals surface area (Å²) in [6.45, 7) is 3.95. The average Bonchev–Trinajstić information content (AvgIpc) is 2.27. The van der Waals surface area contributed by atoms with Crippen LogP contribution >= 0.6 is 11.6 Å². The molecular formula is C13H19ClFNO. The Balaban J connectivity index is 2.88. The predicted octanol–water partition coefficient (Wildman–Crippen LogP) is 3.03. The molecule has 1 aromatic carbocycles. The Hall–Kier alpha value is -0.640. The molecule has 0 amide bonds. The molecule has 0 aliphatic rings. The van der Waals surface area contributed by atoms with Gasteiger partial charge in [0.2, 0.25) is 0 Å². The first-order valence-electron chi connectivity index (χ1n) is 5.57. The molecule has 0 heterocycles. The van der Waals surface area contributed by atoms with Crippen LogP contribution in [0.15, 0.2) is 18.2 Å². The predicted molar refractivity (Wildman–Crippen MR) is 69.0 cm³/mol. The summed E-state index contributed by atoms with van der Waals surface area (Å²) < 4.78 is 19.1. The van der Waals surface area contributed by atoms with Crippen molar-refractivity contribution < 1.29 is 9.13 Å². The maximum atomic E-state index is 13.7. The van der Waals surface area contributed by atoms with Crippen molar-refractivity contribution in [3.05, 3.63) is 34.6 Å². The smallest absolute Gasteiger partial charge is 0.127 e. The van der Waals surface area contributed by atoms with Gasteiger partial charge in [-0.3, -0.25) is 0 Å². The minimum atomic E-state index is -0.360. The molecular weight excluding hydrogens is 241 g/mol. The van der Waals surface area contributed by atoms with Crippen LogP contribution in [0.2, 0.25) is 5.02 Å². The lowest BCUT2D eigenvalue weighted by Crippen LogP contribution is -2.48. The summed E-state index contributed by atoms with van der Waals surface area (Å²) >= 11 is 5.72. The molecule has 0 spiro atoms. The first kappa shape index (κ1) is 14.4. The van der Waals surface area contributed by atoms with E-state index in [1.807, 2.05) is 20.9 Å². The highest BCUT2D eigenvalue weighted by atomic mass is 35.5. The van der Waals surface area contributed by atoms with Crippen molar-refractivity contribution in [2.75, 3.05) is 14.2 Å². The van der Waals surface area contributed by atoms with Gasteiger partial charge in [0, 0.05) is 18.2 Å². The van der Waals surface area contributed by atoms with E-state index in [2.05, 4.69) is 5.32 Å². The van der Waals surface area contributed by atoms with Gasteiger partial charge in [0.05, 0.1) is 5.60 Å². The number of nitrogens with one attached hydrogen (secondary N) is 1. The standard InChI is InChI=1S/C13H19ClFNO/c1-13(2,17-4)12(16-3)7-9-5-6-10(14)8-11(9)15/h5-6,8,12,16H,7H2,1-4H3. The largest absolute Gasteiger partial charge is 0.377 e. The molecule has 0 bridgehead atoms.